The Morgan fingerprint density at radius 1 is 0.769 bits per heavy atom. The number of amides is 1. The summed E-state index contributed by atoms with van der Waals surface area (Å²) in [5, 5.41) is 7.57. The lowest BCUT2D eigenvalue weighted by Gasteiger charge is -2.27. The van der Waals surface area contributed by atoms with Gasteiger partial charge in [0.25, 0.3) is 5.91 Å². The Balaban J connectivity index is 1.56. The van der Waals surface area contributed by atoms with Crippen LogP contribution in [0, 0.1) is 0 Å². The molecule has 1 aliphatic heterocycles. The van der Waals surface area contributed by atoms with Gasteiger partial charge in [0.1, 0.15) is 11.4 Å². The van der Waals surface area contributed by atoms with Crippen LogP contribution in [0.25, 0.3) is 11.3 Å². The van der Waals surface area contributed by atoms with Crippen LogP contribution in [0.3, 0.4) is 0 Å². The van der Waals surface area contributed by atoms with E-state index in [1.54, 1.807) is 35.5 Å². The van der Waals surface area contributed by atoms with Crippen molar-refractivity contribution in [2.75, 3.05) is 42.1 Å². The zero-order chi connectivity index (χ0) is 27.5. The molecular formula is C30H31N3O6. The Labute approximate surface area is 227 Å². The Bertz CT molecular complexity index is 1480. The minimum atomic E-state index is -0.386. The number of benzene rings is 3. The number of hydrogen-bond donors (Lipinski definition) is 1. The number of carbonyl (C=O) groups excluding carboxylic acids is 1. The van der Waals surface area contributed by atoms with Crippen molar-refractivity contribution >= 4 is 5.91 Å². The highest BCUT2D eigenvalue weighted by molar-refractivity contribution is 6.00. The van der Waals surface area contributed by atoms with Crippen LogP contribution < -0.4 is 23.7 Å². The average molecular weight is 530 g/mol. The molecule has 0 spiro atoms. The molecule has 9 heteroatoms. The zero-order valence-corrected chi connectivity index (χ0v) is 22.6. The van der Waals surface area contributed by atoms with E-state index < -0.39 is 0 Å². The molecule has 1 amide bonds. The number of fused-ring (bicyclic) bond motifs is 1. The minimum absolute atomic E-state index is 0.113. The molecule has 39 heavy (non-hydrogen) atoms. The van der Waals surface area contributed by atoms with Gasteiger partial charge < -0.3 is 28.6 Å². The Hall–Kier alpha value is -4.66. The SMILES string of the molecule is COc1ccc(-c2n[nH]c3c2C(c2ccc(OC)c(OC)c2)N(CCc2ccc(OC)c(OC)c2)C3=O)cc1. The second-order valence-corrected chi connectivity index (χ2v) is 9.04. The van der Waals surface area contributed by atoms with Crippen molar-refractivity contribution in [1.29, 1.82) is 0 Å². The largest absolute Gasteiger partial charge is 0.497 e. The summed E-state index contributed by atoms with van der Waals surface area (Å²) in [6.45, 7) is 0.470. The first kappa shape index (κ1) is 26.0. The highest BCUT2D eigenvalue weighted by atomic mass is 16.5. The van der Waals surface area contributed by atoms with Crippen molar-refractivity contribution in [1.82, 2.24) is 15.1 Å². The fourth-order valence-corrected chi connectivity index (χ4v) is 5.05. The molecule has 0 radical (unpaired) electrons. The molecule has 0 aliphatic carbocycles. The van der Waals surface area contributed by atoms with Gasteiger partial charge in [0, 0.05) is 17.7 Å². The Morgan fingerprint density at radius 3 is 2.05 bits per heavy atom. The van der Waals surface area contributed by atoms with Crippen LogP contribution in [-0.4, -0.2) is 63.1 Å². The lowest BCUT2D eigenvalue weighted by Crippen LogP contribution is -2.31. The van der Waals surface area contributed by atoms with Crippen LogP contribution in [0.5, 0.6) is 28.7 Å². The molecule has 0 fully saturated rings. The van der Waals surface area contributed by atoms with Gasteiger partial charge in [-0.2, -0.15) is 5.10 Å². The molecule has 1 aliphatic rings. The number of methoxy groups -OCH3 is 5. The van der Waals surface area contributed by atoms with E-state index in [-0.39, 0.29) is 11.9 Å². The number of nitrogens with one attached hydrogen (secondary N) is 1. The van der Waals surface area contributed by atoms with Crippen molar-refractivity contribution in [3.05, 3.63) is 83.0 Å². The maximum absolute atomic E-state index is 13.8. The monoisotopic (exact) mass is 529 g/mol. The lowest BCUT2D eigenvalue weighted by atomic mass is 9.95. The molecule has 0 saturated heterocycles. The van der Waals surface area contributed by atoms with Crippen molar-refractivity contribution in [3.63, 3.8) is 0 Å². The zero-order valence-electron chi connectivity index (χ0n) is 22.6. The molecule has 5 rings (SSSR count). The summed E-state index contributed by atoms with van der Waals surface area (Å²) in [4.78, 5) is 15.7. The molecule has 2 heterocycles. The molecule has 1 atom stereocenters. The second-order valence-electron chi connectivity index (χ2n) is 9.04. The summed E-state index contributed by atoms with van der Waals surface area (Å²) in [5.41, 5.74) is 4.82. The number of aromatic nitrogens is 2. The van der Waals surface area contributed by atoms with Gasteiger partial charge in [-0.1, -0.05) is 12.1 Å². The van der Waals surface area contributed by atoms with Gasteiger partial charge in [-0.05, 0) is 66.1 Å². The smallest absolute Gasteiger partial charge is 0.273 e. The van der Waals surface area contributed by atoms with Crippen LogP contribution in [0.1, 0.15) is 33.2 Å². The third kappa shape index (κ3) is 4.71. The molecule has 0 bridgehead atoms. The molecular weight excluding hydrogens is 498 g/mol. The predicted octanol–water partition coefficient (Wildman–Crippen LogP) is 4.91. The number of carbonyl (C=O) groups is 1. The summed E-state index contributed by atoms with van der Waals surface area (Å²) in [7, 11) is 8.04. The fraction of sp³-hybridized carbons (Fsp3) is 0.267. The molecule has 1 aromatic heterocycles. The predicted molar refractivity (Wildman–Crippen MR) is 146 cm³/mol. The first-order chi connectivity index (χ1) is 19.0. The van der Waals surface area contributed by atoms with Gasteiger partial charge in [0.15, 0.2) is 23.0 Å². The number of rotatable bonds is 10. The van der Waals surface area contributed by atoms with Gasteiger partial charge in [0.05, 0.1) is 47.3 Å². The summed E-state index contributed by atoms with van der Waals surface area (Å²) >= 11 is 0. The normalized spacial score (nSPS) is 14.2. The van der Waals surface area contributed by atoms with E-state index in [9.17, 15) is 4.79 Å². The fourth-order valence-electron chi connectivity index (χ4n) is 5.05. The van der Waals surface area contributed by atoms with Crippen molar-refractivity contribution in [2.24, 2.45) is 0 Å². The maximum Gasteiger partial charge on any atom is 0.273 e. The molecule has 3 aromatic carbocycles. The van der Waals surface area contributed by atoms with Crippen molar-refractivity contribution < 1.29 is 28.5 Å². The average Bonchev–Trinajstić information content (AvgIpc) is 3.53. The molecule has 0 saturated carbocycles. The number of aromatic amines is 1. The summed E-state index contributed by atoms with van der Waals surface area (Å²) < 4.78 is 27.2. The number of ether oxygens (including phenoxy) is 5. The van der Waals surface area contributed by atoms with E-state index in [0.717, 1.165) is 33.7 Å². The standard InChI is InChI=1S/C30H31N3O6/c1-35-21-10-7-19(8-11-21)27-26-28(32-31-27)30(34)33(15-14-18-6-12-22(36-2)24(16-18)38-4)29(26)20-9-13-23(37-3)25(17-20)39-5/h6-13,16-17,29H,14-15H2,1-5H3,(H,31,32). The number of H-pyrrole nitrogens is 1. The minimum Gasteiger partial charge on any atom is -0.497 e. The number of nitrogens with zero attached hydrogens (tertiary/aromatic N) is 2. The molecule has 1 N–H and O–H groups in total. The summed E-state index contributed by atoms with van der Waals surface area (Å²) in [6, 6.07) is 18.8. The van der Waals surface area contributed by atoms with E-state index in [0.29, 0.717) is 41.7 Å². The van der Waals surface area contributed by atoms with Crippen LogP contribution in [0.2, 0.25) is 0 Å². The Kier molecular flexibility index (Phi) is 7.31. The van der Waals surface area contributed by atoms with E-state index in [2.05, 4.69) is 10.2 Å². The highest BCUT2D eigenvalue weighted by Gasteiger charge is 2.42. The van der Waals surface area contributed by atoms with Gasteiger partial charge in [-0.25, -0.2) is 0 Å². The molecule has 1 unspecified atom stereocenters. The third-order valence-electron chi connectivity index (χ3n) is 7.04. The van der Waals surface area contributed by atoms with Crippen LogP contribution in [-0.2, 0) is 6.42 Å². The molecule has 9 nitrogen and oxygen atoms in total. The summed E-state index contributed by atoms with van der Waals surface area (Å²) in [6.07, 6.45) is 0.617. The highest BCUT2D eigenvalue weighted by Crippen LogP contribution is 2.45. The maximum atomic E-state index is 13.8. The van der Waals surface area contributed by atoms with Gasteiger partial charge in [0.2, 0.25) is 0 Å². The molecule has 4 aromatic rings. The van der Waals surface area contributed by atoms with Gasteiger partial charge in [-0.15, -0.1) is 0 Å². The van der Waals surface area contributed by atoms with Crippen LogP contribution in [0.15, 0.2) is 60.7 Å². The van der Waals surface area contributed by atoms with E-state index >= 15 is 0 Å². The quantitative estimate of drug-likeness (QED) is 0.312. The third-order valence-corrected chi connectivity index (χ3v) is 7.04. The van der Waals surface area contributed by atoms with E-state index in [4.69, 9.17) is 23.7 Å². The first-order valence-electron chi connectivity index (χ1n) is 12.5. The van der Waals surface area contributed by atoms with Crippen molar-refractivity contribution in [3.8, 4) is 40.0 Å². The lowest BCUT2D eigenvalue weighted by molar-refractivity contribution is 0.0745. The number of hydrogen-bond acceptors (Lipinski definition) is 7. The Morgan fingerprint density at radius 2 is 1.41 bits per heavy atom. The van der Waals surface area contributed by atoms with Crippen molar-refractivity contribution in [2.45, 2.75) is 12.5 Å². The summed E-state index contributed by atoms with van der Waals surface area (Å²) in [5.74, 6) is 3.14. The van der Waals surface area contributed by atoms with E-state index in [1.165, 1.54) is 0 Å². The topological polar surface area (TPSA) is 95.1 Å². The van der Waals surface area contributed by atoms with E-state index in [1.807, 2.05) is 65.6 Å². The van der Waals surface area contributed by atoms with Crippen LogP contribution in [0.4, 0.5) is 0 Å². The second kappa shape index (κ2) is 11.0. The molecule has 202 valence electrons. The van der Waals surface area contributed by atoms with Gasteiger partial charge >= 0.3 is 0 Å². The van der Waals surface area contributed by atoms with Crippen LogP contribution >= 0.6 is 0 Å². The van der Waals surface area contributed by atoms with Gasteiger partial charge in [-0.3, -0.25) is 9.89 Å². The first-order valence-corrected chi connectivity index (χ1v) is 12.5.